The smallest absolute Gasteiger partial charge is 0.0413 e. The zero-order valence-electron chi connectivity index (χ0n) is 8.61. The molecule has 1 atom stereocenters. The summed E-state index contributed by atoms with van der Waals surface area (Å²) in [7, 11) is -0.798. The minimum absolute atomic E-state index is 0.563. The van der Waals surface area contributed by atoms with Crippen LogP contribution in [0, 0.1) is 11.8 Å². The van der Waals surface area contributed by atoms with Gasteiger partial charge in [0.25, 0.3) is 0 Å². The highest BCUT2D eigenvalue weighted by Crippen LogP contribution is 1.95. The second-order valence-corrected chi connectivity index (χ2v) is 4.64. The molecule has 0 amide bonds. The van der Waals surface area contributed by atoms with Gasteiger partial charge in [0.2, 0.25) is 0 Å². The lowest BCUT2D eigenvalue weighted by Gasteiger charge is -1.92. The summed E-state index contributed by atoms with van der Waals surface area (Å²) in [6.07, 6.45) is 2.36. The van der Waals surface area contributed by atoms with Crippen molar-refractivity contribution < 1.29 is 4.21 Å². The van der Waals surface area contributed by atoms with Gasteiger partial charge < -0.3 is 0 Å². The molecule has 1 aromatic carbocycles. The molecule has 0 aliphatic heterocycles. The fourth-order valence-corrected chi connectivity index (χ4v) is 1.82. The van der Waals surface area contributed by atoms with Gasteiger partial charge in [-0.2, -0.15) is 0 Å². The van der Waals surface area contributed by atoms with E-state index in [4.69, 9.17) is 0 Å². The molecule has 2 heteroatoms. The summed E-state index contributed by atoms with van der Waals surface area (Å²) in [6.45, 7) is 3.55. The van der Waals surface area contributed by atoms with E-state index in [0.29, 0.717) is 17.9 Å². The zero-order chi connectivity index (χ0) is 10.9. The van der Waals surface area contributed by atoms with Gasteiger partial charge in [-0.15, -0.1) is 6.58 Å². The second kappa shape index (κ2) is 7.03. The zero-order valence-corrected chi connectivity index (χ0v) is 9.43. The molecule has 0 spiro atoms. The van der Waals surface area contributed by atoms with Gasteiger partial charge >= 0.3 is 0 Å². The molecule has 1 aromatic rings. The van der Waals surface area contributed by atoms with Gasteiger partial charge in [-0.1, -0.05) is 36.1 Å². The largest absolute Gasteiger partial charge is 0.259 e. The third kappa shape index (κ3) is 5.19. The van der Waals surface area contributed by atoms with Crippen LogP contribution in [0.25, 0.3) is 0 Å². The summed E-state index contributed by atoms with van der Waals surface area (Å²) in [6, 6.07) is 9.81. The molecule has 0 aliphatic carbocycles. The number of hydrogen-bond donors (Lipinski definition) is 0. The molecule has 0 heterocycles. The van der Waals surface area contributed by atoms with E-state index in [1.807, 2.05) is 30.3 Å². The van der Waals surface area contributed by atoms with Crippen LogP contribution in [0.2, 0.25) is 0 Å². The number of rotatable bonds is 4. The molecular formula is C13H14OS. The molecule has 0 N–H and O–H groups in total. The molecule has 1 nitrogen and oxygen atoms in total. The molecule has 0 aliphatic rings. The topological polar surface area (TPSA) is 17.1 Å². The van der Waals surface area contributed by atoms with Crippen molar-refractivity contribution in [3.63, 3.8) is 0 Å². The standard InChI is InChI=1S/C13H14OS/c1-2-11-15(14)12-7-6-10-13-8-4-3-5-9-13/h2-5,8-9H,1,7,11-12H2. The summed E-state index contributed by atoms with van der Waals surface area (Å²) in [5.74, 6) is 7.24. The van der Waals surface area contributed by atoms with Crippen molar-refractivity contribution in [2.75, 3.05) is 11.5 Å². The normalized spacial score (nSPS) is 11.2. The first kappa shape index (κ1) is 11.7. The third-order valence-corrected chi connectivity index (χ3v) is 3.03. The predicted molar refractivity (Wildman–Crippen MR) is 66.0 cm³/mol. The van der Waals surface area contributed by atoms with Crippen molar-refractivity contribution in [2.45, 2.75) is 6.42 Å². The van der Waals surface area contributed by atoms with Crippen LogP contribution in [0.5, 0.6) is 0 Å². The summed E-state index contributed by atoms with van der Waals surface area (Å²) < 4.78 is 11.2. The SMILES string of the molecule is C=CCS(=O)CCC#Cc1ccccc1. The Morgan fingerprint density at radius 1 is 1.33 bits per heavy atom. The van der Waals surface area contributed by atoms with Crippen LogP contribution in [0.15, 0.2) is 43.0 Å². The Morgan fingerprint density at radius 3 is 2.73 bits per heavy atom. The molecule has 0 aromatic heterocycles. The first-order chi connectivity index (χ1) is 7.33. The van der Waals surface area contributed by atoms with Crippen molar-refractivity contribution in [1.29, 1.82) is 0 Å². The van der Waals surface area contributed by atoms with Crippen LogP contribution in [-0.2, 0) is 10.8 Å². The minimum Gasteiger partial charge on any atom is -0.259 e. The highest BCUT2D eigenvalue weighted by molar-refractivity contribution is 7.85. The van der Waals surface area contributed by atoms with Crippen molar-refractivity contribution in [3.05, 3.63) is 48.6 Å². The first-order valence-corrected chi connectivity index (χ1v) is 6.31. The minimum atomic E-state index is -0.798. The molecule has 0 fully saturated rings. The Balaban J connectivity index is 2.35. The summed E-state index contributed by atoms with van der Waals surface area (Å²) in [4.78, 5) is 0. The maximum Gasteiger partial charge on any atom is 0.0413 e. The van der Waals surface area contributed by atoms with Gasteiger partial charge in [0.05, 0.1) is 0 Å². The van der Waals surface area contributed by atoms with Gasteiger partial charge in [-0.05, 0) is 12.1 Å². The van der Waals surface area contributed by atoms with Gasteiger partial charge in [0.1, 0.15) is 0 Å². The van der Waals surface area contributed by atoms with Gasteiger partial charge in [-0.25, -0.2) is 0 Å². The lowest BCUT2D eigenvalue weighted by atomic mass is 10.2. The molecule has 0 bridgehead atoms. The highest BCUT2D eigenvalue weighted by atomic mass is 32.2. The monoisotopic (exact) mass is 218 g/mol. The second-order valence-electron chi connectivity index (χ2n) is 3.02. The Hall–Kier alpha value is -1.33. The lowest BCUT2D eigenvalue weighted by molar-refractivity contribution is 0.685. The van der Waals surface area contributed by atoms with E-state index in [1.165, 1.54) is 0 Å². The first-order valence-electron chi connectivity index (χ1n) is 4.82. The van der Waals surface area contributed by atoms with Crippen molar-refractivity contribution >= 4 is 10.8 Å². The maximum atomic E-state index is 11.2. The maximum absolute atomic E-state index is 11.2. The number of hydrogen-bond acceptors (Lipinski definition) is 1. The van der Waals surface area contributed by atoms with Crippen LogP contribution in [-0.4, -0.2) is 15.7 Å². The van der Waals surface area contributed by atoms with E-state index in [-0.39, 0.29) is 0 Å². The number of benzene rings is 1. The van der Waals surface area contributed by atoms with Crippen LogP contribution in [0.1, 0.15) is 12.0 Å². The van der Waals surface area contributed by atoms with Gasteiger partial charge in [0, 0.05) is 34.3 Å². The Kier molecular flexibility index (Phi) is 5.50. The van der Waals surface area contributed by atoms with Crippen LogP contribution < -0.4 is 0 Å². The summed E-state index contributed by atoms with van der Waals surface area (Å²) in [5.41, 5.74) is 1.01. The molecule has 78 valence electrons. The Labute approximate surface area is 93.7 Å². The van der Waals surface area contributed by atoms with E-state index in [1.54, 1.807) is 6.08 Å². The van der Waals surface area contributed by atoms with Crippen LogP contribution >= 0.6 is 0 Å². The average molecular weight is 218 g/mol. The van der Waals surface area contributed by atoms with Crippen molar-refractivity contribution in [3.8, 4) is 11.8 Å². The van der Waals surface area contributed by atoms with Crippen LogP contribution in [0.4, 0.5) is 0 Å². The van der Waals surface area contributed by atoms with E-state index in [2.05, 4.69) is 18.4 Å². The van der Waals surface area contributed by atoms with E-state index in [0.717, 1.165) is 5.56 Å². The van der Waals surface area contributed by atoms with Gasteiger partial charge in [-0.3, -0.25) is 4.21 Å². The molecule has 15 heavy (non-hydrogen) atoms. The fraction of sp³-hybridized carbons (Fsp3) is 0.231. The Bertz CT molecular complexity index is 384. The van der Waals surface area contributed by atoms with E-state index < -0.39 is 10.8 Å². The summed E-state index contributed by atoms with van der Waals surface area (Å²) >= 11 is 0. The molecular weight excluding hydrogens is 204 g/mol. The van der Waals surface area contributed by atoms with Crippen molar-refractivity contribution in [2.24, 2.45) is 0 Å². The van der Waals surface area contributed by atoms with Crippen LogP contribution in [0.3, 0.4) is 0 Å². The quantitative estimate of drug-likeness (QED) is 0.560. The summed E-state index contributed by atoms with van der Waals surface area (Å²) in [5, 5.41) is 0. The molecule has 1 rings (SSSR count). The molecule has 0 radical (unpaired) electrons. The Morgan fingerprint density at radius 2 is 2.07 bits per heavy atom. The van der Waals surface area contributed by atoms with Gasteiger partial charge in [0.15, 0.2) is 0 Å². The molecule has 1 unspecified atom stereocenters. The average Bonchev–Trinajstić information content (AvgIpc) is 2.26. The lowest BCUT2D eigenvalue weighted by Crippen LogP contribution is -1.98. The third-order valence-electron chi connectivity index (χ3n) is 1.76. The highest BCUT2D eigenvalue weighted by Gasteiger charge is 1.93. The van der Waals surface area contributed by atoms with Crippen molar-refractivity contribution in [1.82, 2.24) is 0 Å². The predicted octanol–water partition coefficient (Wildman–Crippen LogP) is 2.36. The van der Waals surface area contributed by atoms with E-state index in [9.17, 15) is 4.21 Å². The fourth-order valence-electron chi connectivity index (χ4n) is 1.07. The molecule has 0 saturated carbocycles. The molecule has 0 saturated heterocycles. The van der Waals surface area contributed by atoms with E-state index >= 15 is 0 Å².